The highest BCUT2D eigenvalue weighted by molar-refractivity contribution is 7.12. The number of nitrogens with zero attached hydrogens (tertiary/aromatic N) is 3. The molecule has 2 N–H and O–H groups in total. The van der Waals surface area contributed by atoms with E-state index in [2.05, 4.69) is 20.6 Å². The lowest BCUT2D eigenvalue weighted by molar-refractivity contribution is 0.102. The normalized spacial score (nSPS) is 9.88. The van der Waals surface area contributed by atoms with Crippen LogP contribution in [0.3, 0.4) is 0 Å². The molecule has 0 radical (unpaired) electrons. The Morgan fingerprint density at radius 2 is 1.84 bits per heavy atom. The molecule has 0 fully saturated rings. The molecule has 25 heavy (non-hydrogen) atoms. The van der Waals surface area contributed by atoms with E-state index in [1.54, 1.807) is 35.7 Å². The summed E-state index contributed by atoms with van der Waals surface area (Å²) in [6, 6.07) is 10.2. The van der Waals surface area contributed by atoms with Gasteiger partial charge >= 0.3 is 0 Å². The van der Waals surface area contributed by atoms with E-state index in [0.717, 1.165) is 0 Å². The number of aromatic nitrogens is 2. The first-order valence-corrected chi connectivity index (χ1v) is 8.01. The van der Waals surface area contributed by atoms with Crippen LogP contribution in [0, 0.1) is 11.3 Å². The molecule has 3 aromatic rings. The van der Waals surface area contributed by atoms with Crippen LogP contribution in [0.15, 0.2) is 54.3 Å². The Bertz CT molecular complexity index is 945. The largest absolute Gasteiger partial charge is 0.321 e. The highest BCUT2D eigenvalue weighted by Gasteiger charge is 2.17. The molecule has 0 aliphatic rings. The molecule has 0 unspecified atom stereocenters. The molecule has 2 aromatic heterocycles. The Morgan fingerprint density at radius 3 is 2.52 bits per heavy atom. The van der Waals surface area contributed by atoms with Crippen molar-refractivity contribution in [2.24, 2.45) is 0 Å². The van der Waals surface area contributed by atoms with Crippen LogP contribution in [-0.4, -0.2) is 21.8 Å². The molecule has 3 rings (SSSR count). The smallest absolute Gasteiger partial charge is 0.275 e. The van der Waals surface area contributed by atoms with E-state index in [-0.39, 0.29) is 11.6 Å². The van der Waals surface area contributed by atoms with Gasteiger partial charge in [0.1, 0.15) is 10.6 Å². The van der Waals surface area contributed by atoms with Crippen molar-refractivity contribution in [1.29, 1.82) is 5.26 Å². The third kappa shape index (κ3) is 3.85. The molecule has 0 saturated heterocycles. The molecule has 0 spiro atoms. The first kappa shape index (κ1) is 16.3. The molecule has 0 aliphatic heterocycles. The van der Waals surface area contributed by atoms with Gasteiger partial charge in [-0.2, -0.15) is 5.26 Å². The first-order chi connectivity index (χ1) is 12.2. The molecule has 8 heteroatoms. The van der Waals surface area contributed by atoms with Crippen molar-refractivity contribution in [3.8, 4) is 6.07 Å². The van der Waals surface area contributed by atoms with Gasteiger partial charge in [-0.25, -0.2) is 4.98 Å². The second kappa shape index (κ2) is 7.33. The van der Waals surface area contributed by atoms with Gasteiger partial charge in [-0.05, 0) is 35.7 Å². The summed E-state index contributed by atoms with van der Waals surface area (Å²) in [5.74, 6) is -0.798. The van der Waals surface area contributed by atoms with Gasteiger partial charge in [-0.3, -0.25) is 14.6 Å². The fourth-order valence-electron chi connectivity index (χ4n) is 2.00. The number of thiophene rings is 1. The number of carbonyl (C=O) groups is 2. The maximum Gasteiger partial charge on any atom is 0.275 e. The minimum atomic E-state index is -0.445. The average Bonchev–Trinajstić information content (AvgIpc) is 3.11. The summed E-state index contributed by atoms with van der Waals surface area (Å²) in [6.45, 7) is 0. The molecule has 2 heterocycles. The van der Waals surface area contributed by atoms with Gasteiger partial charge in [0.05, 0.1) is 23.5 Å². The van der Waals surface area contributed by atoms with Crippen LogP contribution in [0.2, 0.25) is 0 Å². The Morgan fingerprint density at radius 1 is 1.04 bits per heavy atom. The summed E-state index contributed by atoms with van der Waals surface area (Å²) in [5.41, 5.74) is 1.62. The van der Waals surface area contributed by atoms with Crippen LogP contribution in [0.1, 0.15) is 25.7 Å². The van der Waals surface area contributed by atoms with Crippen molar-refractivity contribution in [1.82, 2.24) is 9.97 Å². The van der Waals surface area contributed by atoms with E-state index in [9.17, 15) is 9.59 Å². The van der Waals surface area contributed by atoms with Gasteiger partial charge in [0, 0.05) is 18.1 Å². The van der Waals surface area contributed by atoms with Crippen molar-refractivity contribution in [3.05, 3.63) is 70.4 Å². The quantitative estimate of drug-likeness (QED) is 0.753. The summed E-state index contributed by atoms with van der Waals surface area (Å²) in [7, 11) is 0. The number of benzene rings is 1. The fourth-order valence-corrected chi connectivity index (χ4v) is 2.75. The fraction of sp³-hybridized carbons (Fsp3) is 0. The summed E-state index contributed by atoms with van der Waals surface area (Å²) < 4.78 is 0. The van der Waals surface area contributed by atoms with Crippen LogP contribution >= 0.6 is 11.3 Å². The van der Waals surface area contributed by atoms with Gasteiger partial charge in [0.25, 0.3) is 11.8 Å². The molecule has 0 bridgehead atoms. The number of amides is 2. The molecular formula is C17H11N5O2S. The summed E-state index contributed by atoms with van der Waals surface area (Å²) >= 11 is 1.21. The second-order valence-corrected chi connectivity index (χ2v) is 5.77. The molecule has 0 atom stereocenters. The lowest BCUT2D eigenvalue weighted by Gasteiger charge is -2.07. The van der Waals surface area contributed by atoms with Gasteiger partial charge in [0.2, 0.25) is 0 Å². The molecule has 0 saturated carbocycles. The highest BCUT2D eigenvalue weighted by atomic mass is 32.1. The number of nitriles is 1. The number of hydrogen-bond acceptors (Lipinski definition) is 6. The van der Waals surface area contributed by atoms with E-state index in [0.29, 0.717) is 21.8 Å². The average molecular weight is 349 g/mol. The number of carbonyl (C=O) groups excluding carboxylic acids is 2. The van der Waals surface area contributed by atoms with E-state index in [4.69, 9.17) is 5.26 Å². The number of hydrogen-bond donors (Lipinski definition) is 2. The molecule has 1 aromatic carbocycles. The van der Waals surface area contributed by atoms with E-state index in [1.807, 2.05) is 6.07 Å². The van der Waals surface area contributed by atoms with Gasteiger partial charge in [-0.15, -0.1) is 11.3 Å². The second-order valence-electron chi connectivity index (χ2n) is 4.85. The third-order valence-corrected chi connectivity index (χ3v) is 4.10. The summed E-state index contributed by atoms with van der Waals surface area (Å²) in [6.07, 6.45) is 4.23. The predicted molar refractivity (Wildman–Crippen MR) is 93.4 cm³/mol. The maximum atomic E-state index is 12.4. The Balaban J connectivity index is 1.73. The van der Waals surface area contributed by atoms with Crippen molar-refractivity contribution in [2.45, 2.75) is 0 Å². The molecular weight excluding hydrogens is 338 g/mol. The molecule has 122 valence electrons. The molecule has 2 amide bonds. The topological polar surface area (TPSA) is 108 Å². The van der Waals surface area contributed by atoms with Crippen LogP contribution in [0.4, 0.5) is 11.4 Å². The van der Waals surface area contributed by atoms with Crippen molar-refractivity contribution < 1.29 is 9.59 Å². The zero-order chi connectivity index (χ0) is 17.6. The Labute approximate surface area is 147 Å². The van der Waals surface area contributed by atoms with Crippen LogP contribution < -0.4 is 10.6 Å². The van der Waals surface area contributed by atoms with Crippen molar-refractivity contribution in [3.63, 3.8) is 0 Å². The van der Waals surface area contributed by atoms with E-state index < -0.39 is 5.91 Å². The zero-order valence-electron chi connectivity index (χ0n) is 12.8. The number of anilines is 2. The Hall–Kier alpha value is -3.57. The van der Waals surface area contributed by atoms with E-state index in [1.165, 1.54) is 29.9 Å². The van der Waals surface area contributed by atoms with Crippen LogP contribution in [-0.2, 0) is 0 Å². The van der Waals surface area contributed by atoms with Gasteiger partial charge < -0.3 is 10.6 Å². The first-order valence-electron chi connectivity index (χ1n) is 7.14. The standard InChI is InChI=1S/C17H11N5O2S/c18-9-11-1-3-12(4-2-11)21-17(24)15-13(5-8-25-15)22-16(23)14-10-19-6-7-20-14/h1-8,10H,(H,21,24)(H,22,23). The van der Waals surface area contributed by atoms with Crippen LogP contribution in [0.5, 0.6) is 0 Å². The van der Waals surface area contributed by atoms with Crippen molar-refractivity contribution in [2.75, 3.05) is 10.6 Å². The zero-order valence-corrected chi connectivity index (χ0v) is 13.6. The Kier molecular flexibility index (Phi) is 4.78. The summed E-state index contributed by atoms with van der Waals surface area (Å²) in [5, 5.41) is 15.9. The number of rotatable bonds is 4. The molecule has 0 aliphatic carbocycles. The molecule has 7 nitrogen and oxygen atoms in total. The maximum absolute atomic E-state index is 12.4. The lowest BCUT2D eigenvalue weighted by atomic mass is 10.2. The van der Waals surface area contributed by atoms with Crippen molar-refractivity contribution >= 4 is 34.5 Å². The SMILES string of the molecule is N#Cc1ccc(NC(=O)c2sccc2NC(=O)c2cnccn2)cc1. The third-order valence-electron chi connectivity index (χ3n) is 3.19. The number of nitrogens with one attached hydrogen (secondary N) is 2. The minimum absolute atomic E-state index is 0.159. The summed E-state index contributed by atoms with van der Waals surface area (Å²) in [4.78, 5) is 32.7. The minimum Gasteiger partial charge on any atom is -0.321 e. The van der Waals surface area contributed by atoms with Crippen LogP contribution in [0.25, 0.3) is 0 Å². The monoisotopic (exact) mass is 349 g/mol. The lowest BCUT2D eigenvalue weighted by Crippen LogP contribution is -2.17. The highest BCUT2D eigenvalue weighted by Crippen LogP contribution is 2.24. The van der Waals surface area contributed by atoms with E-state index >= 15 is 0 Å². The predicted octanol–water partition coefficient (Wildman–Crippen LogP) is 2.91. The van der Waals surface area contributed by atoms with Gasteiger partial charge in [-0.1, -0.05) is 0 Å². The van der Waals surface area contributed by atoms with Gasteiger partial charge in [0.15, 0.2) is 0 Å².